The lowest BCUT2D eigenvalue weighted by Crippen LogP contribution is -2.29. The van der Waals surface area contributed by atoms with E-state index >= 15 is 0 Å². The van der Waals surface area contributed by atoms with Crippen LogP contribution in [0, 0.1) is 0 Å². The summed E-state index contributed by atoms with van der Waals surface area (Å²) in [4.78, 5) is 0. The van der Waals surface area contributed by atoms with Crippen molar-refractivity contribution in [2.24, 2.45) is 0 Å². The van der Waals surface area contributed by atoms with Gasteiger partial charge in [-0.1, -0.05) is 42.3 Å². The maximum atomic E-state index is 6.28. The van der Waals surface area contributed by atoms with Gasteiger partial charge in [0.1, 0.15) is 0 Å². The fourth-order valence-corrected chi connectivity index (χ4v) is 4.39. The van der Waals surface area contributed by atoms with E-state index in [1.807, 2.05) is 12.1 Å². The molecule has 3 atom stereocenters. The van der Waals surface area contributed by atoms with Gasteiger partial charge >= 0.3 is 0 Å². The van der Waals surface area contributed by atoms with Crippen LogP contribution in [0.25, 0.3) is 0 Å². The first-order valence-electron chi connectivity index (χ1n) is 6.93. The second-order valence-corrected chi connectivity index (χ2v) is 7.48. The van der Waals surface area contributed by atoms with Gasteiger partial charge in [-0.2, -0.15) is 11.8 Å². The maximum absolute atomic E-state index is 6.28. The number of nitrogens with one attached hydrogen (secondary N) is 1. The smallest absolute Gasteiger partial charge is 0.0639 e. The zero-order valence-electron chi connectivity index (χ0n) is 11.5. The Morgan fingerprint density at radius 3 is 2.89 bits per heavy atom. The fourth-order valence-electron chi connectivity index (χ4n) is 2.78. The molecule has 0 spiro atoms. The first-order chi connectivity index (χ1) is 9.11. The standard InChI is InChI=1S/C15H21Cl2NS/c1-3-19-12-8-7-11(9-12)18-10(2)13-5-4-6-14(16)15(13)17/h4-6,10-12,18H,3,7-9H2,1-2H3. The summed E-state index contributed by atoms with van der Waals surface area (Å²) in [5.74, 6) is 1.22. The van der Waals surface area contributed by atoms with Gasteiger partial charge in [0.25, 0.3) is 0 Å². The van der Waals surface area contributed by atoms with Gasteiger partial charge in [0.05, 0.1) is 10.0 Å². The first kappa shape index (κ1) is 15.5. The molecule has 1 nitrogen and oxygen atoms in total. The summed E-state index contributed by atoms with van der Waals surface area (Å²) >= 11 is 14.4. The van der Waals surface area contributed by atoms with Crippen LogP contribution in [0.3, 0.4) is 0 Å². The van der Waals surface area contributed by atoms with Crippen LogP contribution in [0.5, 0.6) is 0 Å². The Morgan fingerprint density at radius 1 is 1.37 bits per heavy atom. The van der Waals surface area contributed by atoms with Gasteiger partial charge in [-0.25, -0.2) is 0 Å². The fraction of sp³-hybridized carbons (Fsp3) is 0.600. The molecule has 0 aliphatic heterocycles. The highest BCUT2D eigenvalue weighted by atomic mass is 35.5. The molecule has 0 radical (unpaired) electrons. The number of halogens is 2. The Bertz CT molecular complexity index is 425. The lowest BCUT2D eigenvalue weighted by Gasteiger charge is -2.21. The van der Waals surface area contributed by atoms with Crippen molar-refractivity contribution in [1.82, 2.24) is 5.32 Å². The minimum atomic E-state index is 0.251. The molecule has 1 N–H and O–H groups in total. The highest BCUT2D eigenvalue weighted by Crippen LogP contribution is 2.33. The van der Waals surface area contributed by atoms with E-state index < -0.39 is 0 Å². The predicted molar refractivity (Wildman–Crippen MR) is 87.6 cm³/mol. The monoisotopic (exact) mass is 317 g/mol. The molecular weight excluding hydrogens is 297 g/mol. The number of thioether (sulfide) groups is 1. The Kier molecular flexibility index (Phi) is 5.88. The molecule has 0 saturated heterocycles. The van der Waals surface area contributed by atoms with Crippen molar-refractivity contribution in [1.29, 1.82) is 0 Å². The van der Waals surface area contributed by atoms with Crippen LogP contribution in [-0.4, -0.2) is 17.0 Å². The van der Waals surface area contributed by atoms with E-state index in [9.17, 15) is 0 Å². The Hall–Kier alpha value is 0.110. The minimum absolute atomic E-state index is 0.251. The Morgan fingerprint density at radius 2 is 2.16 bits per heavy atom. The van der Waals surface area contributed by atoms with Gasteiger partial charge in [0, 0.05) is 17.3 Å². The summed E-state index contributed by atoms with van der Waals surface area (Å²) in [6.07, 6.45) is 3.85. The second kappa shape index (κ2) is 7.21. The van der Waals surface area contributed by atoms with Crippen molar-refractivity contribution in [2.75, 3.05) is 5.75 Å². The molecule has 2 rings (SSSR count). The molecular formula is C15H21Cl2NS. The van der Waals surface area contributed by atoms with Crippen molar-refractivity contribution in [3.8, 4) is 0 Å². The third-order valence-corrected chi connectivity index (χ3v) is 5.79. The molecule has 3 unspecified atom stereocenters. The van der Waals surface area contributed by atoms with E-state index in [0.717, 1.165) is 10.8 Å². The molecule has 1 fully saturated rings. The number of hydrogen-bond acceptors (Lipinski definition) is 2. The van der Waals surface area contributed by atoms with Crippen LogP contribution in [-0.2, 0) is 0 Å². The molecule has 19 heavy (non-hydrogen) atoms. The molecule has 1 aromatic rings. The molecule has 0 heterocycles. The third kappa shape index (κ3) is 4.04. The quantitative estimate of drug-likeness (QED) is 0.789. The van der Waals surface area contributed by atoms with Crippen molar-refractivity contribution >= 4 is 35.0 Å². The maximum Gasteiger partial charge on any atom is 0.0639 e. The molecule has 1 aromatic carbocycles. The topological polar surface area (TPSA) is 12.0 Å². The minimum Gasteiger partial charge on any atom is -0.307 e. The largest absolute Gasteiger partial charge is 0.307 e. The Labute approximate surface area is 130 Å². The highest BCUT2D eigenvalue weighted by molar-refractivity contribution is 7.99. The number of benzene rings is 1. The lowest BCUT2D eigenvalue weighted by atomic mass is 10.1. The van der Waals surface area contributed by atoms with Gasteiger partial charge < -0.3 is 5.32 Å². The third-order valence-electron chi connectivity index (χ3n) is 3.72. The normalized spacial score (nSPS) is 24.6. The molecule has 1 aliphatic rings. The van der Waals surface area contributed by atoms with Crippen LogP contribution in [0.15, 0.2) is 18.2 Å². The van der Waals surface area contributed by atoms with Crippen LogP contribution in [0.2, 0.25) is 10.0 Å². The molecule has 0 bridgehead atoms. The van der Waals surface area contributed by atoms with E-state index in [1.54, 1.807) is 0 Å². The van der Waals surface area contributed by atoms with E-state index in [-0.39, 0.29) is 6.04 Å². The van der Waals surface area contributed by atoms with Gasteiger partial charge in [-0.3, -0.25) is 0 Å². The molecule has 0 aromatic heterocycles. The van der Waals surface area contributed by atoms with Crippen LogP contribution < -0.4 is 5.32 Å². The average Bonchev–Trinajstić information content (AvgIpc) is 2.80. The van der Waals surface area contributed by atoms with E-state index in [1.165, 1.54) is 25.0 Å². The van der Waals surface area contributed by atoms with Gasteiger partial charge in [-0.05, 0) is 43.6 Å². The van der Waals surface area contributed by atoms with Crippen molar-refractivity contribution in [3.63, 3.8) is 0 Å². The Balaban J connectivity index is 1.94. The van der Waals surface area contributed by atoms with Crippen LogP contribution >= 0.6 is 35.0 Å². The van der Waals surface area contributed by atoms with Crippen molar-refractivity contribution in [2.45, 2.75) is 50.4 Å². The number of rotatable bonds is 5. The molecule has 106 valence electrons. The molecule has 4 heteroatoms. The summed E-state index contributed by atoms with van der Waals surface area (Å²) in [6, 6.07) is 6.71. The lowest BCUT2D eigenvalue weighted by molar-refractivity contribution is 0.462. The van der Waals surface area contributed by atoms with Crippen molar-refractivity contribution < 1.29 is 0 Å². The van der Waals surface area contributed by atoms with Crippen LogP contribution in [0.1, 0.15) is 44.7 Å². The summed E-state index contributed by atoms with van der Waals surface area (Å²) in [7, 11) is 0. The predicted octanol–water partition coefficient (Wildman–Crippen LogP) is 5.32. The van der Waals surface area contributed by atoms with E-state index in [2.05, 4.69) is 37.0 Å². The SMILES string of the molecule is CCSC1CCC(NC(C)c2cccc(Cl)c2Cl)C1. The summed E-state index contributed by atoms with van der Waals surface area (Å²) in [6.45, 7) is 4.40. The zero-order valence-corrected chi connectivity index (χ0v) is 13.8. The van der Waals surface area contributed by atoms with Crippen LogP contribution in [0.4, 0.5) is 0 Å². The summed E-state index contributed by atoms with van der Waals surface area (Å²) in [5.41, 5.74) is 1.10. The second-order valence-electron chi connectivity index (χ2n) is 5.12. The summed E-state index contributed by atoms with van der Waals surface area (Å²) < 4.78 is 0. The van der Waals surface area contributed by atoms with Gasteiger partial charge in [0.15, 0.2) is 0 Å². The zero-order chi connectivity index (χ0) is 13.8. The van der Waals surface area contributed by atoms with E-state index in [4.69, 9.17) is 23.2 Å². The summed E-state index contributed by atoms with van der Waals surface area (Å²) in [5, 5.41) is 5.84. The first-order valence-corrected chi connectivity index (χ1v) is 8.73. The van der Waals surface area contributed by atoms with Crippen molar-refractivity contribution in [3.05, 3.63) is 33.8 Å². The van der Waals surface area contributed by atoms with Gasteiger partial charge in [-0.15, -0.1) is 0 Å². The molecule has 0 amide bonds. The average molecular weight is 318 g/mol. The highest BCUT2D eigenvalue weighted by Gasteiger charge is 2.26. The molecule has 1 aliphatic carbocycles. The molecule has 1 saturated carbocycles. The number of hydrogen-bond donors (Lipinski definition) is 1. The van der Waals surface area contributed by atoms with Gasteiger partial charge in [0.2, 0.25) is 0 Å². The van der Waals surface area contributed by atoms with E-state index in [0.29, 0.717) is 16.1 Å².